The monoisotopic (exact) mass is 334 g/mol. The molecule has 0 heterocycles. The Morgan fingerprint density at radius 1 is 1.19 bits per heavy atom. The summed E-state index contributed by atoms with van der Waals surface area (Å²) in [4.78, 5) is 13.9. The van der Waals surface area contributed by atoms with Crippen LogP contribution in [0.1, 0.15) is 27.7 Å². The summed E-state index contributed by atoms with van der Waals surface area (Å²) in [5, 5.41) is 3.30. The number of nitrogens with one attached hydrogen (secondary N) is 1. The molecule has 21 heavy (non-hydrogen) atoms. The third-order valence-electron chi connectivity index (χ3n) is 3.00. The van der Waals surface area contributed by atoms with Crippen LogP contribution < -0.4 is 5.32 Å². The third kappa shape index (κ3) is 7.55. The number of carbonyl (C=O) groups excluding carboxylic acids is 1. The van der Waals surface area contributed by atoms with Gasteiger partial charge < -0.3 is 4.74 Å². The molecule has 0 aromatic heterocycles. The van der Waals surface area contributed by atoms with Crippen LogP contribution in [0.4, 0.5) is 10.5 Å². The lowest BCUT2D eigenvalue weighted by Crippen LogP contribution is -2.39. The molecule has 1 aromatic rings. The van der Waals surface area contributed by atoms with Crippen molar-refractivity contribution in [2.24, 2.45) is 0 Å². The summed E-state index contributed by atoms with van der Waals surface area (Å²) in [6.07, 6.45) is -0.445. The second-order valence-corrected chi connectivity index (χ2v) is 5.63. The summed E-state index contributed by atoms with van der Waals surface area (Å²) in [7, 11) is 0. The molecule has 120 valence electrons. The van der Waals surface area contributed by atoms with Gasteiger partial charge in [-0.05, 0) is 52.0 Å². The Balaban J connectivity index is 0.00000400. The lowest BCUT2D eigenvalue weighted by atomic mass is 10.2. The minimum atomic E-state index is -0.445. The van der Waals surface area contributed by atoms with Gasteiger partial charge in [0.15, 0.2) is 0 Å². The Hall–Kier alpha value is -0.970. The normalized spacial score (nSPS) is 10.7. The third-order valence-corrected chi connectivity index (χ3v) is 3.25. The van der Waals surface area contributed by atoms with E-state index in [4.69, 9.17) is 16.3 Å². The van der Waals surface area contributed by atoms with Crippen LogP contribution >= 0.6 is 24.0 Å². The molecule has 1 amide bonds. The van der Waals surface area contributed by atoms with E-state index in [-0.39, 0.29) is 12.4 Å². The van der Waals surface area contributed by atoms with Gasteiger partial charge in [0, 0.05) is 29.3 Å². The Labute approximate surface area is 138 Å². The lowest BCUT2D eigenvalue weighted by Gasteiger charge is -2.30. The van der Waals surface area contributed by atoms with Crippen LogP contribution in [-0.2, 0) is 4.74 Å². The average Bonchev–Trinajstić information content (AvgIpc) is 2.36. The molecule has 0 spiro atoms. The molecular weight excluding hydrogens is 311 g/mol. The zero-order valence-electron chi connectivity index (χ0n) is 12.9. The molecule has 0 aliphatic heterocycles. The maximum absolute atomic E-state index is 11.6. The van der Waals surface area contributed by atoms with Gasteiger partial charge in [0.2, 0.25) is 0 Å². The second-order valence-electron chi connectivity index (χ2n) is 5.19. The van der Waals surface area contributed by atoms with E-state index >= 15 is 0 Å². The molecular formula is C15H24Cl2N2O2. The van der Waals surface area contributed by atoms with Gasteiger partial charge in [-0.15, -0.1) is 12.4 Å². The summed E-state index contributed by atoms with van der Waals surface area (Å²) in [5.41, 5.74) is 0.670. The van der Waals surface area contributed by atoms with Crippen molar-refractivity contribution in [3.05, 3.63) is 29.3 Å². The van der Waals surface area contributed by atoms with Gasteiger partial charge >= 0.3 is 6.09 Å². The molecule has 1 aromatic carbocycles. The van der Waals surface area contributed by atoms with Crippen molar-refractivity contribution >= 4 is 35.8 Å². The molecule has 0 radical (unpaired) electrons. The van der Waals surface area contributed by atoms with Crippen molar-refractivity contribution in [3.63, 3.8) is 0 Å². The Bertz CT molecular complexity index is 414. The van der Waals surface area contributed by atoms with E-state index in [0.29, 0.717) is 29.4 Å². The zero-order valence-corrected chi connectivity index (χ0v) is 14.5. The molecule has 0 saturated carbocycles. The van der Waals surface area contributed by atoms with Crippen molar-refractivity contribution in [2.45, 2.75) is 39.8 Å². The Morgan fingerprint density at radius 2 is 1.71 bits per heavy atom. The molecule has 1 N–H and O–H groups in total. The van der Waals surface area contributed by atoms with E-state index in [2.05, 4.69) is 37.9 Å². The number of anilines is 1. The van der Waals surface area contributed by atoms with Gasteiger partial charge in [-0.3, -0.25) is 10.2 Å². The number of rotatable bonds is 6. The molecule has 0 aliphatic carbocycles. The summed E-state index contributed by atoms with van der Waals surface area (Å²) < 4.78 is 5.18. The predicted molar refractivity (Wildman–Crippen MR) is 90.6 cm³/mol. The van der Waals surface area contributed by atoms with Gasteiger partial charge in [-0.2, -0.15) is 0 Å². The summed E-state index contributed by atoms with van der Waals surface area (Å²) in [6.45, 7) is 9.63. The van der Waals surface area contributed by atoms with Crippen LogP contribution in [0.25, 0.3) is 0 Å². The molecule has 0 atom stereocenters. The SMILES string of the molecule is CC(C)N(CCOC(=O)Nc1ccc(Cl)cc1)C(C)C.Cl. The molecule has 0 fully saturated rings. The van der Waals surface area contributed by atoms with E-state index in [0.717, 1.165) is 6.54 Å². The summed E-state index contributed by atoms with van der Waals surface area (Å²) in [6, 6.07) is 7.76. The van der Waals surface area contributed by atoms with Crippen LogP contribution in [0.2, 0.25) is 5.02 Å². The average molecular weight is 335 g/mol. The number of hydrogen-bond acceptors (Lipinski definition) is 3. The van der Waals surface area contributed by atoms with Crippen molar-refractivity contribution in [2.75, 3.05) is 18.5 Å². The van der Waals surface area contributed by atoms with Gasteiger partial charge in [0.1, 0.15) is 6.61 Å². The molecule has 6 heteroatoms. The van der Waals surface area contributed by atoms with Crippen molar-refractivity contribution < 1.29 is 9.53 Å². The minimum absolute atomic E-state index is 0. The number of carbonyl (C=O) groups is 1. The van der Waals surface area contributed by atoms with E-state index in [1.54, 1.807) is 24.3 Å². The number of nitrogens with zero attached hydrogens (tertiary/aromatic N) is 1. The van der Waals surface area contributed by atoms with E-state index in [1.165, 1.54) is 0 Å². The quantitative estimate of drug-likeness (QED) is 0.836. The van der Waals surface area contributed by atoms with E-state index in [1.807, 2.05) is 0 Å². The predicted octanol–water partition coefficient (Wildman–Crippen LogP) is 4.43. The molecule has 1 rings (SSSR count). The standard InChI is InChI=1S/C15H23ClN2O2.ClH/c1-11(2)18(12(3)4)9-10-20-15(19)17-14-7-5-13(16)6-8-14;/h5-8,11-12H,9-10H2,1-4H3,(H,17,19);1H. The molecule has 0 unspecified atom stereocenters. The lowest BCUT2D eigenvalue weighted by molar-refractivity contribution is 0.111. The van der Waals surface area contributed by atoms with Crippen LogP contribution in [0, 0.1) is 0 Å². The fourth-order valence-electron chi connectivity index (χ4n) is 2.04. The molecule has 0 saturated heterocycles. The Morgan fingerprint density at radius 3 is 2.19 bits per heavy atom. The van der Waals surface area contributed by atoms with Crippen molar-refractivity contribution in [3.8, 4) is 0 Å². The van der Waals surface area contributed by atoms with Crippen LogP contribution in [0.3, 0.4) is 0 Å². The summed E-state index contributed by atoms with van der Waals surface area (Å²) >= 11 is 5.78. The zero-order chi connectivity index (χ0) is 15.1. The molecule has 0 aliphatic rings. The number of ether oxygens (including phenoxy) is 1. The molecule has 4 nitrogen and oxygen atoms in total. The van der Waals surface area contributed by atoms with Gasteiger partial charge in [-0.25, -0.2) is 4.79 Å². The maximum atomic E-state index is 11.6. The number of amides is 1. The minimum Gasteiger partial charge on any atom is -0.448 e. The number of hydrogen-bond donors (Lipinski definition) is 1. The van der Waals surface area contributed by atoms with Crippen LogP contribution in [-0.4, -0.2) is 36.2 Å². The highest BCUT2D eigenvalue weighted by Crippen LogP contribution is 2.13. The first-order valence-corrected chi connectivity index (χ1v) is 7.23. The largest absolute Gasteiger partial charge is 0.448 e. The number of benzene rings is 1. The van der Waals surface area contributed by atoms with Crippen LogP contribution in [0.15, 0.2) is 24.3 Å². The highest BCUT2D eigenvalue weighted by atomic mass is 35.5. The first-order chi connectivity index (χ1) is 9.40. The van der Waals surface area contributed by atoms with Gasteiger partial charge in [-0.1, -0.05) is 11.6 Å². The summed E-state index contributed by atoms with van der Waals surface area (Å²) in [5.74, 6) is 0. The Kier molecular flexibility index (Phi) is 9.42. The van der Waals surface area contributed by atoms with Gasteiger partial charge in [0.25, 0.3) is 0 Å². The maximum Gasteiger partial charge on any atom is 0.411 e. The van der Waals surface area contributed by atoms with Crippen LogP contribution in [0.5, 0.6) is 0 Å². The first kappa shape index (κ1) is 20.0. The first-order valence-electron chi connectivity index (χ1n) is 6.85. The highest BCUT2D eigenvalue weighted by Gasteiger charge is 2.13. The number of halogens is 2. The molecule has 0 bridgehead atoms. The van der Waals surface area contributed by atoms with E-state index in [9.17, 15) is 4.79 Å². The second kappa shape index (κ2) is 9.87. The fraction of sp³-hybridized carbons (Fsp3) is 0.533. The fourth-order valence-corrected chi connectivity index (χ4v) is 2.17. The van der Waals surface area contributed by atoms with Crippen molar-refractivity contribution in [1.82, 2.24) is 4.90 Å². The van der Waals surface area contributed by atoms with Gasteiger partial charge in [0.05, 0.1) is 0 Å². The topological polar surface area (TPSA) is 41.6 Å². The smallest absolute Gasteiger partial charge is 0.411 e. The highest BCUT2D eigenvalue weighted by molar-refractivity contribution is 6.30. The van der Waals surface area contributed by atoms with Crippen molar-refractivity contribution in [1.29, 1.82) is 0 Å². The van der Waals surface area contributed by atoms with E-state index < -0.39 is 6.09 Å².